The average Bonchev–Trinajstić information content (AvgIpc) is 2.96. The lowest BCUT2D eigenvalue weighted by Gasteiger charge is -2.15. The third-order valence-electron chi connectivity index (χ3n) is 4.34. The standard InChI is InChI=1S/C21H21N3O2/c1-23-14-17(18-8-3-4-9-19(18)23)10-11-20(25)24(2)13-15-6-5-7-16(12-15)21(22)26/h3-12,14H,13H2,1-2H3,(H2,22,26)/b11-10-. The van der Waals surface area contributed by atoms with Gasteiger partial charge in [-0.3, -0.25) is 9.59 Å². The largest absolute Gasteiger partial charge is 0.366 e. The number of aromatic nitrogens is 1. The SMILES string of the molecule is CN(Cc1cccc(C(N)=O)c1)C(=O)/C=C\c1cn(C)c2ccccc12. The van der Waals surface area contributed by atoms with Gasteiger partial charge in [0, 0.05) is 54.9 Å². The van der Waals surface area contributed by atoms with E-state index in [1.54, 1.807) is 36.2 Å². The molecule has 3 rings (SSSR count). The molecule has 0 saturated heterocycles. The molecule has 0 aliphatic carbocycles. The van der Waals surface area contributed by atoms with Crippen LogP contribution in [0.2, 0.25) is 0 Å². The Balaban J connectivity index is 1.73. The topological polar surface area (TPSA) is 68.3 Å². The van der Waals surface area contributed by atoms with Crippen LogP contribution < -0.4 is 5.73 Å². The van der Waals surface area contributed by atoms with Gasteiger partial charge in [0.25, 0.3) is 0 Å². The molecule has 0 aliphatic heterocycles. The van der Waals surface area contributed by atoms with Crippen LogP contribution >= 0.6 is 0 Å². The molecule has 0 aliphatic rings. The first-order valence-electron chi connectivity index (χ1n) is 8.31. The number of aryl methyl sites for hydroxylation is 1. The molecule has 0 radical (unpaired) electrons. The van der Waals surface area contributed by atoms with E-state index >= 15 is 0 Å². The van der Waals surface area contributed by atoms with Crippen LogP contribution in [0.1, 0.15) is 21.5 Å². The fourth-order valence-corrected chi connectivity index (χ4v) is 2.97. The molecule has 2 aromatic carbocycles. The van der Waals surface area contributed by atoms with Crippen molar-refractivity contribution in [2.75, 3.05) is 7.05 Å². The predicted octanol–water partition coefficient (Wildman–Crippen LogP) is 2.95. The maximum atomic E-state index is 12.4. The first-order chi connectivity index (χ1) is 12.5. The molecule has 26 heavy (non-hydrogen) atoms. The highest BCUT2D eigenvalue weighted by Gasteiger charge is 2.09. The molecule has 2 amide bonds. The molecule has 5 heteroatoms. The summed E-state index contributed by atoms with van der Waals surface area (Å²) in [6.45, 7) is 0.403. The Bertz CT molecular complexity index is 1000. The predicted molar refractivity (Wildman–Crippen MR) is 103 cm³/mol. The van der Waals surface area contributed by atoms with E-state index in [4.69, 9.17) is 5.73 Å². The van der Waals surface area contributed by atoms with E-state index in [0.29, 0.717) is 12.1 Å². The molecule has 2 N–H and O–H groups in total. The second-order valence-corrected chi connectivity index (χ2v) is 6.30. The highest BCUT2D eigenvalue weighted by Crippen LogP contribution is 2.21. The first kappa shape index (κ1) is 17.5. The number of amides is 2. The number of primary amides is 1. The smallest absolute Gasteiger partial charge is 0.248 e. The van der Waals surface area contributed by atoms with Gasteiger partial charge in [-0.15, -0.1) is 0 Å². The van der Waals surface area contributed by atoms with Crippen molar-refractivity contribution in [3.8, 4) is 0 Å². The Labute approximate surface area is 152 Å². The summed E-state index contributed by atoms with van der Waals surface area (Å²) in [6, 6.07) is 15.1. The van der Waals surface area contributed by atoms with Crippen LogP contribution in [0.3, 0.4) is 0 Å². The van der Waals surface area contributed by atoms with Crippen LogP contribution in [0.4, 0.5) is 0 Å². The molecule has 5 nitrogen and oxygen atoms in total. The Kier molecular flexibility index (Phi) is 4.89. The normalized spacial score (nSPS) is 11.2. The first-order valence-corrected chi connectivity index (χ1v) is 8.31. The third kappa shape index (κ3) is 3.67. The number of hydrogen-bond donors (Lipinski definition) is 1. The van der Waals surface area contributed by atoms with Crippen LogP contribution in [0, 0.1) is 0 Å². The fourth-order valence-electron chi connectivity index (χ4n) is 2.97. The highest BCUT2D eigenvalue weighted by atomic mass is 16.2. The van der Waals surface area contributed by atoms with Crippen LogP contribution in [0.15, 0.2) is 60.8 Å². The molecule has 3 aromatic rings. The molecule has 0 spiro atoms. The van der Waals surface area contributed by atoms with Gasteiger partial charge >= 0.3 is 0 Å². The lowest BCUT2D eigenvalue weighted by Crippen LogP contribution is -2.24. The van der Waals surface area contributed by atoms with E-state index < -0.39 is 5.91 Å². The van der Waals surface area contributed by atoms with E-state index in [9.17, 15) is 9.59 Å². The number of fused-ring (bicyclic) bond motifs is 1. The summed E-state index contributed by atoms with van der Waals surface area (Å²) in [6.07, 6.45) is 5.41. The van der Waals surface area contributed by atoms with Gasteiger partial charge in [0.1, 0.15) is 0 Å². The van der Waals surface area contributed by atoms with Crippen molar-refractivity contribution in [3.05, 3.63) is 77.5 Å². The van der Waals surface area contributed by atoms with Gasteiger partial charge in [0.2, 0.25) is 11.8 Å². The summed E-state index contributed by atoms with van der Waals surface area (Å²) >= 11 is 0. The molecule has 1 aromatic heterocycles. The van der Waals surface area contributed by atoms with Gasteiger partial charge in [0.05, 0.1) is 0 Å². The second-order valence-electron chi connectivity index (χ2n) is 6.30. The van der Waals surface area contributed by atoms with Crippen molar-refractivity contribution in [2.24, 2.45) is 12.8 Å². The van der Waals surface area contributed by atoms with Gasteiger partial charge in [-0.05, 0) is 29.8 Å². The summed E-state index contributed by atoms with van der Waals surface area (Å²) in [5.74, 6) is -0.584. The van der Waals surface area contributed by atoms with E-state index in [1.165, 1.54) is 0 Å². The number of carbonyl (C=O) groups is 2. The van der Waals surface area contributed by atoms with Crippen molar-refractivity contribution in [1.82, 2.24) is 9.47 Å². The molecular weight excluding hydrogens is 326 g/mol. The van der Waals surface area contributed by atoms with Crippen LogP contribution in [-0.4, -0.2) is 28.3 Å². The Morgan fingerprint density at radius 1 is 1.15 bits per heavy atom. The zero-order chi connectivity index (χ0) is 18.7. The van der Waals surface area contributed by atoms with Gasteiger partial charge in [-0.1, -0.05) is 30.3 Å². The Morgan fingerprint density at radius 2 is 1.92 bits per heavy atom. The van der Waals surface area contributed by atoms with Crippen molar-refractivity contribution in [2.45, 2.75) is 6.54 Å². The van der Waals surface area contributed by atoms with E-state index in [1.807, 2.05) is 54.2 Å². The van der Waals surface area contributed by atoms with Crippen molar-refractivity contribution in [3.63, 3.8) is 0 Å². The lowest BCUT2D eigenvalue weighted by molar-refractivity contribution is -0.125. The number of nitrogens with zero attached hydrogens (tertiary/aromatic N) is 2. The van der Waals surface area contributed by atoms with Crippen LogP contribution in [0.25, 0.3) is 17.0 Å². The van der Waals surface area contributed by atoms with Gasteiger partial charge in [0.15, 0.2) is 0 Å². The molecule has 1 heterocycles. The molecule has 0 bridgehead atoms. The number of para-hydroxylation sites is 1. The summed E-state index contributed by atoms with van der Waals surface area (Å²) in [7, 11) is 3.71. The summed E-state index contributed by atoms with van der Waals surface area (Å²) in [5, 5.41) is 1.11. The van der Waals surface area contributed by atoms with Crippen molar-refractivity contribution < 1.29 is 9.59 Å². The fraction of sp³-hybridized carbons (Fsp3) is 0.143. The zero-order valence-corrected chi connectivity index (χ0v) is 14.8. The molecule has 0 atom stereocenters. The zero-order valence-electron chi connectivity index (χ0n) is 14.8. The van der Waals surface area contributed by atoms with Crippen LogP contribution in [-0.2, 0) is 18.4 Å². The molecule has 0 saturated carbocycles. The molecular formula is C21H21N3O2. The minimum atomic E-state index is -0.475. The number of benzene rings is 2. The maximum Gasteiger partial charge on any atom is 0.248 e. The minimum absolute atomic E-state index is 0.109. The van der Waals surface area contributed by atoms with E-state index in [2.05, 4.69) is 0 Å². The molecule has 0 fully saturated rings. The van der Waals surface area contributed by atoms with Crippen molar-refractivity contribution >= 4 is 28.8 Å². The quantitative estimate of drug-likeness (QED) is 0.721. The van der Waals surface area contributed by atoms with E-state index in [-0.39, 0.29) is 5.91 Å². The Hall–Kier alpha value is -3.34. The van der Waals surface area contributed by atoms with Gasteiger partial charge < -0.3 is 15.2 Å². The maximum absolute atomic E-state index is 12.4. The monoisotopic (exact) mass is 347 g/mol. The lowest BCUT2D eigenvalue weighted by atomic mass is 10.1. The number of likely N-dealkylation sites (N-methyl/N-ethyl adjacent to an activating group) is 1. The number of rotatable bonds is 5. The molecule has 132 valence electrons. The summed E-state index contributed by atoms with van der Waals surface area (Å²) in [5.41, 5.74) is 8.72. The van der Waals surface area contributed by atoms with Gasteiger partial charge in [-0.2, -0.15) is 0 Å². The number of hydrogen-bond acceptors (Lipinski definition) is 2. The number of carbonyl (C=O) groups excluding carboxylic acids is 2. The van der Waals surface area contributed by atoms with Crippen molar-refractivity contribution in [1.29, 1.82) is 0 Å². The van der Waals surface area contributed by atoms with E-state index in [0.717, 1.165) is 22.0 Å². The average molecular weight is 347 g/mol. The van der Waals surface area contributed by atoms with Gasteiger partial charge in [-0.25, -0.2) is 0 Å². The Morgan fingerprint density at radius 3 is 2.69 bits per heavy atom. The highest BCUT2D eigenvalue weighted by molar-refractivity contribution is 5.96. The minimum Gasteiger partial charge on any atom is -0.366 e. The van der Waals surface area contributed by atoms with Crippen LogP contribution in [0.5, 0.6) is 0 Å². The molecule has 0 unspecified atom stereocenters. The summed E-state index contributed by atoms with van der Waals surface area (Å²) < 4.78 is 2.04. The second kappa shape index (κ2) is 7.27. The third-order valence-corrected chi connectivity index (χ3v) is 4.34. The number of nitrogens with two attached hydrogens (primary N) is 1. The summed E-state index contributed by atoms with van der Waals surface area (Å²) in [4.78, 5) is 25.3.